The van der Waals surface area contributed by atoms with Gasteiger partial charge in [0, 0.05) is 22.7 Å². The zero-order chi connectivity index (χ0) is 20.7. The molecule has 0 bridgehead atoms. The number of furan rings is 1. The van der Waals surface area contributed by atoms with E-state index in [4.69, 9.17) is 13.9 Å². The predicted molar refractivity (Wildman–Crippen MR) is 109 cm³/mol. The topological polar surface area (TPSA) is 69.0 Å². The summed E-state index contributed by atoms with van der Waals surface area (Å²) < 4.78 is 16.4. The molecule has 0 fully saturated rings. The molecule has 0 radical (unpaired) electrons. The number of fused-ring (bicyclic) bond motifs is 2. The molecule has 150 valence electrons. The maximum Gasteiger partial charge on any atom is 0.375 e. The van der Waals surface area contributed by atoms with E-state index in [0.29, 0.717) is 16.9 Å². The Hall–Kier alpha value is -3.28. The van der Waals surface area contributed by atoms with Crippen molar-refractivity contribution < 1.29 is 23.5 Å². The Kier molecular flexibility index (Phi) is 4.78. The molecule has 1 aliphatic heterocycles. The van der Waals surface area contributed by atoms with Gasteiger partial charge < -0.3 is 18.8 Å². The number of carbonyl (C=O) groups excluding carboxylic acids is 2. The highest BCUT2D eigenvalue weighted by atomic mass is 16.6. The SMILES string of the molecule is COc1ccc2oc(C(=O)O[C@H](C)C(=O)N3c4ccccc4C[C@H]3C)c(C)c2c1. The standard InChI is InChI=1S/C23H23NO5/c1-13-11-16-7-5-6-8-19(16)24(13)22(25)15(3)28-23(26)21-14(2)18-12-17(27-4)9-10-20(18)29-21/h5-10,12-13,15H,11H2,1-4H3/t13-,15-/m1/s1. The molecule has 0 N–H and O–H groups in total. The number of esters is 1. The third-order valence-electron chi connectivity index (χ3n) is 5.41. The number of nitrogens with zero attached hydrogens (tertiary/aromatic N) is 1. The monoisotopic (exact) mass is 393 g/mol. The summed E-state index contributed by atoms with van der Waals surface area (Å²) in [5, 5.41) is 0.775. The zero-order valence-corrected chi connectivity index (χ0v) is 16.9. The molecule has 0 spiro atoms. The van der Waals surface area contributed by atoms with E-state index in [1.807, 2.05) is 37.3 Å². The lowest BCUT2D eigenvalue weighted by Gasteiger charge is -2.25. The summed E-state index contributed by atoms with van der Waals surface area (Å²) in [6, 6.07) is 13.1. The molecule has 1 amide bonds. The van der Waals surface area contributed by atoms with E-state index in [1.54, 1.807) is 38.0 Å². The predicted octanol–water partition coefficient (Wildman–Crippen LogP) is 4.27. The van der Waals surface area contributed by atoms with Gasteiger partial charge in [-0.05, 0) is 57.0 Å². The summed E-state index contributed by atoms with van der Waals surface area (Å²) in [7, 11) is 1.58. The quantitative estimate of drug-likeness (QED) is 0.619. The van der Waals surface area contributed by atoms with Crippen molar-refractivity contribution in [2.24, 2.45) is 0 Å². The lowest BCUT2D eigenvalue weighted by molar-refractivity contribution is -0.126. The third-order valence-corrected chi connectivity index (χ3v) is 5.41. The molecule has 2 heterocycles. The van der Waals surface area contributed by atoms with E-state index < -0.39 is 12.1 Å². The first-order valence-corrected chi connectivity index (χ1v) is 9.59. The smallest absolute Gasteiger partial charge is 0.375 e. The molecule has 1 aromatic heterocycles. The molecule has 0 aliphatic carbocycles. The zero-order valence-electron chi connectivity index (χ0n) is 16.9. The van der Waals surface area contributed by atoms with Crippen molar-refractivity contribution in [1.29, 1.82) is 0 Å². The lowest BCUT2D eigenvalue weighted by atomic mass is 10.1. The first-order valence-electron chi connectivity index (χ1n) is 9.59. The summed E-state index contributed by atoms with van der Waals surface area (Å²) in [6.07, 6.45) is -0.147. The van der Waals surface area contributed by atoms with Gasteiger partial charge in [-0.2, -0.15) is 0 Å². The molecular formula is C23H23NO5. The van der Waals surface area contributed by atoms with Crippen molar-refractivity contribution in [3.63, 3.8) is 0 Å². The number of ether oxygens (including phenoxy) is 2. The minimum Gasteiger partial charge on any atom is -0.497 e. The molecule has 3 aromatic rings. The van der Waals surface area contributed by atoms with Crippen molar-refractivity contribution in [3.05, 3.63) is 59.4 Å². The summed E-state index contributed by atoms with van der Waals surface area (Å²) in [4.78, 5) is 27.5. The van der Waals surface area contributed by atoms with Gasteiger partial charge >= 0.3 is 5.97 Å². The molecule has 0 unspecified atom stereocenters. The van der Waals surface area contributed by atoms with Crippen LogP contribution in [0.1, 0.15) is 35.5 Å². The van der Waals surface area contributed by atoms with Crippen LogP contribution >= 0.6 is 0 Å². The Morgan fingerprint density at radius 2 is 1.97 bits per heavy atom. The van der Waals surface area contributed by atoms with Crippen LogP contribution in [-0.2, 0) is 16.0 Å². The Labute approximate surface area is 169 Å². The molecule has 0 saturated carbocycles. The van der Waals surface area contributed by atoms with Gasteiger partial charge in [0.15, 0.2) is 6.10 Å². The number of carbonyl (C=O) groups is 2. The minimum absolute atomic E-state index is 0.0152. The summed E-state index contributed by atoms with van der Waals surface area (Å²) in [5.41, 5.74) is 3.22. The number of rotatable bonds is 4. The van der Waals surface area contributed by atoms with Gasteiger partial charge in [-0.15, -0.1) is 0 Å². The van der Waals surface area contributed by atoms with Crippen LogP contribution in [0.25, 0.3) is 11.0 Å². The number of methoxy groups -OCH3 is 1. The second-order valence-corrected chi connectivity index (χ2v) is 7.36. The highest BCUT2D eigenvalue weighted by Gasteiger charge is 2.35. The van der Waals surface area contributed by atoms with Gasteiger partial charge in [0.1, 0.15) is 11.3 Å². The summed E-state index contributed by atoms with van der Waals surface area (Å²) in [6.45, 7) is 5.37. The number of anilines is 1. The van der Waals surface area contributed by atoms with Gasteiger partial charge in [0.2, 0.25) is 5.76 Å². The van der Waals surface area contributed by atoms with Crippen LogP contribution in [0.3, 0.4) is 0 Å². The Morgan fingerprint density at radius 1 is 1.21 bits per heavy atom. The lowest BCUT2D eigenvalue weighted by Crippen LogP contribution is -2.43. The number of hydrogen-bond donors (Lipinski definition) is 0. The largest absolute Gasteiger partial charge is 0.497 e. The average Bonchev–Trinajstić information content (AvgIpc) is 3.23. The second kappa shape index (κ2) is 7.28. The van der Waals surface area contributed by atoms with Crippen molar-refractivity contribution in [2.75, 3.05) is 12.0 Å². The fourth-order valence-electron chi connectivity index (χ4n) is 3.88. The van der Waals surface area contributed by atoms with Crippen molar-refractivity contribution in [2.45, 2.75) is 39.3 Å². The van der Waals surface area contributed by atoms with Crippen LogP contribution in [0.2, 0.25) is 0 Å². The van der Waals surface area contributed by atoms with E-state index in [2.05, 4.69) is 0 Å². The molecule has 2 aromatic carbocycles. The van der Waals surface area contributed by atoms with Gasteiger partial charge in [-0.25, -0.2) is 4.79 Å². The van der Waals surface area contributed by atoms with E-state index in [0.717, 1.165) is 23.1 Å². The highest BCUT2D eigenvalue weighted by molar-refractivity contribution is 6.02. The molecule has 6 nitrogen and oxygen atoms in total. The first kappa shape index (κ1) is 19.1. The van der Waals surface area contributed by atoms with Crippen LogP contribution in [-0.4, -0.2) is 31.1 Å². The summed E-state index contributed by atoms with van der Waals surface area (Å²) in [5.74, 6) is -0.126. The average molecular weight is 393 g/mol. The molecule has 2 atom stereocenters. The maximum atomic E-state index is 13.0. The second-order valence-electron chi connectivity index (χ2n) is 7.36. The van der Waals surface area contributed by atoms with Gasteiger partial charge in [0.25, 0.3) is 5.91 Å². The van der Waals surface area contributed by atoms with E-state index in [9.17, 15) is 9.59 Å². The van der Waals surface area contributed by atoms with E-state index in [1.165, 1.54) is 0 Å². The molecular weight excluding hydrogens is 370 g/mol. The van der Waals surface area contributed by atoms with Crippen molar-refractivity contribution in [1.82, 2.24) is 0 Å². The van der Waals surface area contributed by atoms with Crippen LogP contribution in [0.15, 0.2) is 46.9 Å². The van der Waals surface area contributed by atoms with E-state index in [-0.39, 0.29) is 17.7 Å². The minimum atomic E-state index is -0.932. The number of hydrogen-bond acceptors (Lipinski definition) is 5. The molecule has 4 rings (SSSR count). The maximum absolute atomic E-state index is 13.0. The van der Waals surface area contributed by atoms with Crippen LogP contribution in [0, 0.1) is 6.92 Å². The molecule has 29 heavy (non-hydrogen) atoms. The molecule has 0 saturated heterocycles. The van der Waals surface area contributed by atoms with Gasteiger partial charge in [-0.3, -0.25) is 4.79 Å². The Bertz CT molecular complexity index is 1100. The third kappa shape index (κ3) is 3.24. The Balaban J connectivity index is 1.55. The van der Waals surface area contributed by atoms with Crippen LogP contribution in [0.5, 0.6) is 5.75 Å². The number of para-hydroxylation sites is 1. The number of aryl methyl sites for hydroxylation is 1. The Morgan fingerprint density at radius 3 is 2.72 bits per heavy atom. The van der Waals surface area contributed by atoms with Gasteiger partial charge in [0.05, 0.1) is 7.11 Å². The first-order chi connectivity index (χ1) is 13.9. The van der Waals surface area contributed by atoms with Gasteiger partial charge in [-0.1, -0.05) is 18.2 Å². The number of amides is 1. The normalized spacial score (nSPS) is 16.6. The fraction of sp³-hybridized carbons (Fsp3) is 0.304. The molecule has 6 heteroatoms. The van der Waals surface area contributed by atoms with Crippen LogP contribution < -0.4 is 9.64 Å². The number of benzene rings is 2. The van der Waals surface area contributed by atoms with Crippen molar-refractivity contribution in [3.8, 4) is 5.75 Å². The molecule has 1 aliphatic rings. The van der Waals surface area contributed by atoms with Crippen molar-refractivity contribution >= 4 is 28.5 Å². The summed E-state index contributed by atoms with van der Waals surface area (Å²) >= 11 is 0. The fourth-order valence-corrected chi connectivity index (χ4v) is 3.88. The van der Waals surface area contributed by atoms with E-state index >= 15 is 0 Å². The highest BCUT2D eigenvalue weighted by Crippen LogP contribution is 2.33. The van der Waals surface area contributed by atoms with Crippen LogP contribution in [0.4, 0.5) is 5.69 Å².